The van der Waals surface area contributed by atoms with Crippen LogP contribution >= 0.6 is 0 Å². The average molecular weight is 247 g/mol. The first-order valence-corrected chi connectivity index (χ1v) is 5.51. The summed E-state index contributed by atoms with van der Waals surface area (Å²) in [5, 5.41) is 2.15. The first-order valence-electron chi connectivity index (χ1n) is 5.51. The number of imide groups is 1. The van der Waals surface area contributed by atoms with Crippen molar-refractivity contribution in [2.24, 2.45) is 5.73 Å². The molecule has 6 nitrogen and oxygen atoms in total. The molecule has 1 aliphatic rings. The third kappa shape index (κ3) is 2.54. The molecule has 18 heavy (non-hydrogen) atoms. The number of nitrogens with one attached hydrogen (secondary N) is 1. The van der Waals surface area contributed by atoms with E-state index in [4.69, 9.17) is 5.73 Å². The topological polar surface area (TPSA) is 92.5 Å². The van der Waals surface area contributed by atoms with Gasteiger partial charge < -0.3 is 10.6 Å². The van der Waals surface area contributed by atoms with Crippen molar-refractivity contribution in [1.82, 2.24) is 10.2 Å². The molecule has 1 aromatic rings. The van der Waals surface area contributed by atoms with Crippen molar-refractivity contribution in [2.75, 3.05) is 13.1 Å². The SMILES string of the molecule is NCc1cccc(C(=O)N2CC(=O)NC(=O)C2)c1. The predicted octanol–water partition coefficient (Wildman–Crippen LogP) is -0.756. The van der Waals surface area contributed by atoms with Gasteiger partial charge in [-0.1, -0.05) is 12.1 Å². The number of carbonyl (C=O) groups is 3. The highest BCUT2D eigenvalue weighted by Gasteiger charge is 2.26. The smallest absolute Gasteiger partial charge is 0.254 e. The molecular weight excluding hydrogens is 234 g/mol. The molecule has 0 saturated carbocycles. The van der Waals surface area contributed by atoms with Crippen LogP contribution in [0.15, 0.2) is 24.3 Å². The van der Waals surface area contributed by atoms with Gasteiger partial charge >= 0.3 is 0 Å². The van der Waals surface area contributed by atoms with E-state index in [9.17, 15) is 14.4 Å². The largest absolute Gasteiger partial charge is 0.326 e. The van der Waals surface area contributed by atoms with Gasteiger partial charge in [-0.2, -0.15) is 0 Å². The van der Waals surface area contributed by atoms with E-state index in [0.717, 1.165) is 5.56 Å². The van der Waals surface area contributed by atoms with Crippen LogP contribution in [0, 0.1) is 0 Å². The number of hydrogen-bond acceptors (Lipinski definition) is 4. The molecule has 0 unspecified atom stereocenters. The van der Waals surface area contributed by atoms with Crippen molar-refractivity contribution in [1.29, 1.82) is 0 Å². The number of rotatable bonds is 2. The number of nitrogens with zero attached hydrogens (tertiary/aromatic N) is 1. The Hall–Kier alpha value is -2.21. The fourth-order valence-electron chi connectivity index (χ4n) is 1.79. The molecule has 1 heterocycles. The molecule has 1 aliphatic heterocycles. The zero-order chi connectivity index (χ0) is 13.1. The Balaban J connectivity index is 2.19. The van der Waals surface area contributed by atoms with E-state index in [2.05, 4.69) is 5.32 Å². The summed E-state index contributed by atoms with van der Waals surface area (Å²) in [6.07, 6.45) is 0. The third-order valence-corrected chi connectivity index (χ3v) is 2.64. The van der Waals surface area contributed by atoms with Gasteiger partial charge in [0, 0.05) is 12.1 Å². The number of nitrogens with two attached hydrogens (primary N) is 1. The van der Waals surface area contributed by atoms with E-state index in [0.29, 0.717) is 12.1 Å². The second-order valence-electron chi connectivity index (χ2n) is 4.04. The Bertz CT molecular complexity index is 497. The van der Waals surface area contributed by atoms with Crippen LogP contribution in [0.25, 0.3) is 0 Å². The first-order chi connectivity index (χ1) is 8.60. The van der Waals surface area contributed by atoms with E-state index in [-0.39, 0.29) is 19.0 Å². The molecule has 3 N–H and O–H groups in total. The molecule has 1 aromatic carbocycles. The maximum atomic E-state index is 12.1. The molecule has 0 aromatic heterocycles. The summed E-state index contributed by atoms with van der Waals surface area (Å²) in [6, 6.07) is 6.84. The lowest BCUT2D eigenvalue weighted by molar-refractivity contribution is -0.135. The monoisotopic (exact) mass is 247 g/mol. The summed E-state index contributed by atoms with van der Waals surface area (Å²) in [7, 11) is 0. The van der Waals surface area contributed by atoms with Gasteiger partial charge in [0.25, 0.3) is 5.91 Å². The summed E-state index contributed by atoms with van der Waals surface area (Å²) in [6.45, 7) is 0.134. The molecule has 2 rings (SSSR count). The van der Waals surface area contributed by atoms with Crippen LogP contribution in [0.5, 0.6) is 0 Å². The molecule has 0 radical (unpaired) electrons. The van der Waals surface area contributed by atoms with Crippen molar-refractivity contribution in [3.8, 4) is 0 Å². The summed E-state index contributed by atoms with van der Waals surface area (Å²) in [4.78, 5) is 35.7. The second kappa shape index (κ2) is 4.97. The fraction of sp³-hybridized carbons (Fsp3) is 0.250. The summed E-state index contributed by atoms with van der Waals surface area (Å²) < 4.78 is 0. The second-order valence-corrected chi connectivity index (χ2v) is 4.04. The summed E-state index contributed by atoms with van der Waals surface area (Å²) in [5.74, 6) is -1.27. The Morgan fingerprint density at radius 2 is 1.94 bits per heavy atom. The van der Waals surface area contributed by atoms with Gasteiger partial charge in [0.15, 0.2) is 0 Å². The Morgan fingerprint density at radius 1 is 1.28 bits per heavy atom. The average Bonchev–Trinajstić information content (AvgIpc) is 2.37. The van der Waals surface area contributed by atoms with Crippen LogP contribution in [-0.2, 0) is 16.1 Å². The molecule has 6 heteroatoms. The van der Waals surface area contributed by atoms with Crippen molar-refractivity contribution < 1.29 is 14.4 Å². The minimum absolute atomic E-state index is 0.0998. The standard InChI is InChI=1S/C12H13N3O3/c13-5-8-2-1-3-9(4-8)12(18)15-6-10(16)14-11(17)7-15/h1-4H,5-7,13H2,(H,14,16,17). The summed E-state index contributed by atoms with van der Waals surface area (Å²) in [5.41, 5.74) is 6.76. The number of benzene rings is 1. The first kappa shape index (κ1) is 12.3. The van der Waals surface area contributed by atoms with Crippen molar-refractivity contribution in [2.45, 2.75) is 6.54 Å². The van der Waals surface area contributed by atoms with Gasteiger partial charge in [-0.15, -0.1) is 0 Å². The highest BCUT2D eigenvalue weighted by atomic mass is 16.2. The molecule has 0 bridgehead atoms. The molecule has 1 saturated heterocycles. The fourth-order valence-corrected chi connectivity index (χ4v) is 1.79. The van der Waals surface area contributed by atoms with E-state index in [1.807, 2.05) is 6.07 Å². The Morgan fingerprint density at radius 3 is 2.56 bits per heavy atom. The highest BCUT2D eigenvalue weighted by molar-refractivity contribution is 6.05. The molecular formula is C12H13N3O3. The van der Waals surface area contributed by atoms with Crippen molar-refractivity contribution in [3.05, 3.63) is 35.4 Å². The zero-order valence-electron chi connectivity index (χ0n) is 9.68. The maximum absolute atomic E-state index is 12.1. The van der Waals surface area contributed by atoms with Crippen LogP contribution in [0.4, 0.5) is 0 Å². The third-order valence-electron chi connectivity index (χ3n) is 2.64. The van der Waals surface area contributed by atoms with E-state index < -0.39 is 11.8 Å². The number of piperazine rings is 1. The van der Waals surface area contributed by atoms with Gasteiger partial charge in [-0.3, -0.25) is 19.7 Å². The Labute approximate surface area is 104 Å². The predicted molar refractivity (Wildman–Crippen MR) is 63.4 cm³/mol. The van der Waals surface area contributed by atoms with E-state index >= 15 is 0 Å². The number of carbonyl (C=O) groups excluding carboxylic acids is 3. The van der Waals surface area contributed by atoms with Crippen LogP contribution in [-0.4, -0.2) is 35.7 Å². The van der Waals surface area contributed by atoms with Gasteiger partial charge in [0.05, 0.1) is 0 Å². The van der Waals surface area contributed by atoms with Gasteiger partial charge in [-0.05, 0) is 17.7 Å². The van der Waals surface area contributed by atoms with Crippen LogP contribution in [0.1, 0.15) is 15.9 Å². The van der Waals surface area contributed by atoms with Crippen LogP contribution < -0.4 is 11.1 Å². The minimum Gasteiger partial charge on any atom is -0.326 e. The Kier molecular flexibility index (Phi) is 3.38. The molecule has 0 aliphatic carbocycles. The zero-order valence-corrected chi connectivity index (χ0v) is 9.68. The summed E-state index contributed by atoms with van der Waals surface area (Å²) >= 11 is 0. The van der Waals surface area contributed by atoms with Crippen molar-refractivity contribution in [3.63, 3.8) is 0 Å². The normalized spacial score (nSPS) is 15.5. The molecule has 1 fully saturated rings. The number of hydrogen-bond donors (Lipinski definition) is 2. The van der Waals surface area contributed by atoms with Crippen LogP contribution in [0.2, 0.25) is 0 Å². The molecule has 0 atom stereocenters. The van der Waals surface area contributed by atoms with Gasteiger partial charge in [0.1, 0.15) is 13.1 Å². The molecule has 0 spiro atoms. The lowest BCUT2D eigenvalue weighted by Crippen LogP contribution is -2.53. The minimum atomic E-state index is -0.463. The van der Waals surface area contributed by atoms with Crippen LogP contribution in [0.3, 0.4) is 0 Å². The van der Waals surface area contributed by atoms with Gasteiger partial charge in [-0.25, -0.2) is 0 Å². The lowest BCUT2D eigenvalue weighted by Gasteiger charge is -2.25. The maximum Gasteiger partial charge on any atom is 0.254 e. The van der Waals surface area contributed by atoms with E-state index in [1.54, 1.807) is 18.2 Å². The lowest BCUT2D eigenvalue weighted by atomic mass is 10.1. The molecule has 3 amide bonds. The molecule has 94 valence electrons. The quantitative estimate of drug-likeness (QED) is 0.672. The van der Waals surface area contributed by atoms with Crippen molar-refractivity contribution >= 4 is 17.7 Å². The highest BCUT2D eigenvalue weighted by Crippen LogP contribution is 2.09. The number of amides is 3. The van der Waals surface area contributed by atoms with E-state index in [1.165, 1.54) is 4.90 Å². The van der Waals surface area contributed by atoms with Gasteiger partial charge in [0.2, 0.25) is 11.8 Å².